The minimum Gasteiger partial charge on any atom is -0.448 e. The van der Waals surface area contributed by atoms with Crippen LogP contribution in [0.2, 0.25) is 19.6 Å². The summed E-state index contributed by atoms with van der Waals surface area (Å²) in [7, 11) is -1.78. The van der Waals surface area contributed by atoms with Crippen molar-refractivity contribution in [3.63, 3.8) is 0 Å². The molecule has 0 aliphatic rings. The molecule has 0 radical (unpaired) electrons. The molecule has 0 fully saturated rings. The van der Waals surface area contributed by atoms with Crippen LogP contribution in [-0.2, 0) is 14.0 Å². The fourth-order valence-corrected chi connectivity index (χ4v) is 2.69. The van der Waals surface area contributed by atoms with Gasteiger partial charge in [-0.2, -0.15) is 5.26 Å². The fourth-order valence-electron chi connectivity index (χ4n) is 1.08. The highest BCUT2D eigenvalue weighted by Crippen LogP contribution is 2.18. The van der Waals surface area contributed by atoms with Crippen LogP contribution in [0.25, 0.3) is 0 Å². The maximum absolute atomic E-state index is 11.4. The van der Waals surface area contributed by atoms with Gasteiger partial charge in [-0.15, -0.1) is 0 Å². The quantitative estimate of drug-likeness (QED) is 0.529. The van der Waals surface area contributed by atoms with Gasteiger partial charge in [0.1, 0.15) is 11.7 Å². The summed E-state index contributed by atoms with van der Waals surface area (Å²) in [6.45, 7) is 9.07. The Balaban J connectivity index is 4.32. The molecule has 0 saturated carbocycles. The van der Waals surface area contributed by atoms with E-state index in [1.807, 2.05) is 19.6 Å². The topological polar surface area (TPSA) is 59.3 Å². The summed E-state index contributed by atoms with van der Waals surface area (Å²) in [5.41, 5.74) is -0.957. The van der Waals surface area contributed by atoms with Crippen molar-refractivity contribution in [2.45, 2.75) is 39.1 Å². The number of carbonyl (C=O) groups excluding carboxylic acids is 1. The van der Waals surface area contributed by atoms with Gasteiger partial charge in [-0.05, 0) is 33.5 Å². The Morgan fingerprint density at radius 1 is 1.43 bits per heavy atom. The molecule has 0 atom stereocenters. The first-order chi connectivity index (χ1) is 6.19. The summed E-state index contributed by atoms with van der Waals surface area (Å²) in [5, 5.41) is 8.25. The van der Waals surface area contributed by atoms with Crippen LogP contribution < -0.4 is 0 Å². The van der Waals surface area contributed by atoms with Gasteiger partial charge in [-0.3, -0.25) is 0 Å². The van der Waals surface area contributed by atoms with Crippen LogP contribution in [0.15, 0.2) is 0 Å². The molecule has 0 aromatic rings. The van der Waals surface area contributed by atoms with Gasteiger partial charge in [0, 0.05) is 0 Å². The van der Waals surface area contributed by atoms with E-state index in [1.165, 1.54) is 0 Å². The Kier molecular flexibility index (Phi) is 4.29. The van der Waals surface area contributed by atoms with E-state index in [0.29, 0.717) is 0 Å². The highest BCUT2D eigenvalue weighted by atomic mass is 28.4. The van der Waals surface area contributed by atoms with Gasteiger partial charge < -0.3 is 9.16 Å². The summed E-state index contributed by atoms with van der Waals surface area (Å²) in [4.78, 5) is 11.4. The van der Waals surface area contributed by atoms with Crippen molar-refractivity contribution < 1.29 is 14.0 Å². The first-order valence-electron chi connectivity index (χ1n) is 4.43. The van der Waals surface area contributed by atoms with E-state index < -0.39 is 19.9 Å². The molecule has 0 aliphatic heterocycles. The maximum atomic E-state index is 11.4. The molecule has 0 bridgehead atoms. The predicted molar refractivity (Wildman–Crippen MR) is 55.1 cm³/mol. The van der Waals surface area contributed by atoms with Crippen molar-refractivity contribution in [3.05, 3.63) is 0 Å². The van der Waals surface area contributed by atoms with Gasteiger partial charge in [-0.25, -0.2) is 4.79 Å². The SMILES string of the molecule is CC(C)(O[Si](C)(C)C)C(=O)OCC#N. The molecule has 5 heteroatoms. The summed E-state index contributed by atoms with van der Waals surface area (Å²) < 4.78 is 10.3. The van der Waals surface area contributed by atoms with Crippen LogP contribution in [0.4, 0.5) is 0 Å². The van der Waals surface area contributed by atoms with E-state index >= 15 is 0 Å². The van der Waals surface area contributed by atoms with Crippen molar-refractivity contribution in [3.8, 4) is 6.07 Å². The maximum Gasteiger partial charge on any atom is 0.337 e. The Hall–Kier alpha value is -0.863. The zero-order valence-corrected chi connectivity index (χ0v) is 10.4. The predicted octanol–water partition coefficient (Wildman–Crippen LogP) is 1.68. The molecular weight excluding hydrogens is 198 g/mol. The second kappa shape index (κ2) is 4.58. The van der Waals surface area contributed by atoms with E-state index in [-0.39, 0.29) is 6.61 Å². The van der Waals surface area contributed by atoms with Gasteiger partial charge in [0.2, 0.25) is 0 Å². The molecular formula is C9H17NO3Si. The molecule has 0 amide bonds. The van der Waals surface area contributed by atoms with Crippen molar-refractivity contribution in [1.82, 2.24) is 0 Å². The lowest BCUT2D eigenvalue weighted by Gasteiger charge is -2.30. The summed E-state index contributed by atoms with van der Waals surface area (Å²) in [6.07, 6.45) is 0. The number of hydrogen-bond acceptors (Lipinski definition) is 4. The molecule has 80 valence electrons. The summed E-state index contributed by atoms with van der Waals surface area (Å²) >= 11 is 0. The number of nitrogens with zero attached hydrogens (tertiary/aromatic N) is 1. The molecule has 0 aliphatic carbocycles. The monoisotopic (exact) mass is 215 g/mol. The number of rotatable bonds is 4. The first-order valence-corrected chi connectivity index (χ1v) is 7.84. The molecule has 0 rings (SSSR count). The van der Waals surface area contributed by atoms with Crippen LogP contribution in [0.3, 0.4) is 0 Å². The van der Waals surface area contributed by atoms with Gasteiger partial charge in [0.15, 0.2) is 14.9 Å². The average Bonchev–Trinajstić information content (AvgIpc) is 1.95. The molecule has 0 heterocycles. The minimum absolute atomic E-state index is 0.225. The second-order valence-electron chi connectivity index (χ2n) is 4.46. The van der Waals surface area contributed by atoms with Crippen molar-refractivity contribution in [2.24, 2.45) is 0 Å². The van der Waals surface area contributed by atoms with Crippen LogP contribution >= 0.6 is 0 Å². The normalized spacial score (nSPS) is 12.0. The van der Waals surface area contributed by atoms with Crippen LogP contribution in [0.1, 0.15) is 13.8 Å². The molecule has 4 nitrogen and oxygen atoms in total. The lowest BCUT2D eigenvalue weighted by atomic mass is 10.1. The van der Waals surface area contributed by atoms with Crippen LogP contribution in [0.5, 0.6) is 0 Å². The molecule has 0 unspecified atom stereocenters. The largest absolute Gasteiger partial charge is 0.448 e. The van der Waals surface area contributed by atoms with Gasteiger partial charge in [0.25, 0.3) is 0 Å². The Labute approximate surface area is 85.9 Å². The van der Waals surface area contributed by atoms with E-state index in [4.69, 9.17) is 14.4 Å². The third-order valence-electron chi connectivity index (χ3n) is 1.32. The molecule has 0 N–H and O–H groups in total. The smallest absolute Gasteiger partial charge is 0.337 e. The molecule has 14 heavy (non-hydrogen) atoms. The molecule has 0 aromatic heterocycles. The zero-order chi connectivity index (χ0) is 11.4. The van der Waals surface area contributed by atoms with E-state index in [2.05, 4.69) is 0 Å². The first kappa shape index (κ1) is 13.1. The van der Waals surface area contributed by atoms with Crippen LogP contribution in [-0.4, -0.2) is 26.5 Å². The molecule has 0 spiro atoms. The standard InChI is InChI=1S/C9H17NO3Si/c1-9(2,13-14(3,4)5)8(11)12-7-6-10/h7H2,1-5H3. The number of carbonyl (C=O) groups is 1. The Morgan fingerprint density at radius 3 is 2.29 bits per heavy atom. The zero-order valence-electron chi connectivity index (χ0n) is 9.38. The Morgan fingerprint density at radius 2 is 1.93 bits per heavy atom. The summed E-state index contributed by atoms with van der Waals surface area (Å²) in [5.74, 6) is -0.485. The lowest BCUT2D eigenvalue weighted by molar-refractivity contribution is -0.158. The van der Waals surface area contributed by atoms with Gasteiger partial charge in [0.05, 0.1) is 0 Å². The van der Waals surface area contributed by atoms with Crippen molar-refractivity contribution in [2.75, 3.05) is 6.61 Å². The highest BCUT2D eigenvalue weighted by Gasteiger charge is 2.35. The minimum atomic E-state index is -1.78. The third kappa shape index (κ3) is 4.99. The average molecular weight is 215 g/mol. The fraction of sp³-hybridized carbons (Fsp3) is 0.778. The van der Waals surface area contributed by atoms with Gasteiger partial charge in [-0.1, -0.05) is 0 Å². The molecule has 0 saturated heterocycles. The van der Waals surface area contributed by atoms with E-state index in [9.17, 15) is 4.79 Å². The third-order valence-corrected chi connectivity index (χ3v) is 2.44. The highest BCUT2D eigenvalue weighted by molar-refractivity contribution is 6.70. The van der Waals surface area contributed by atoms with Crippen LogP contribution in [0, 0.1) is 11.3 Å². The van der Waals surface area contributed by atoms with Crippen molar-refractivity contribution in [1.29, 1.82) is 5.26 Å². The second-order valence-corrected chi connectivity index (χ2v) is 8.89. The van der Waals surface area contributed by atoms with E-state index in [0.717, 1.165) is 0 Å². The number of nitriles is 1. The summed E-state index contributed by atoms with van der Waals surface area (Å²) in [6, 6.07) is 1.75. The molecule has 0 aromatic carbocycles. The number of esters is 1. The lowest BCUT2D eigenvalue weighted by Crippen LogP contribution is -2.45. The number of ether oxygens (including phenoxy) is 1. The van der Waals surface area contributed by atoms with Crippen molar-refractivity contribution >= 4 is 14.3 Å². The Bertz CT molecular complexity index is 250. The van der Waals surface area contributed by atoms with E-state index in [1.54, 1.807) is 19.9 Å². The number of hydrogen-bond donors (Lipinski definition) is 0. The van der Waals surface area contributed by atoms with Gasteiger partial charge >= 0.3 is 5.97 Å².